The van der Waals surface area contributed by atoms with Gasteiger partial charge >= 0.3 is 0 Å². The Morgan fingerprint density at radius 2 is 1.94 bits per heavy atom. The molecule has 0 unspecified atom stereocenters. The molecule has 32 heavy (non-hydrogen) atoms. The summed E-state index contributed by atoms with van der Waals surface area (Å²) in [7, 11) is 3.25. The van der Waals surface area contributed by atoms with Crippen LogP contribution in [-0.2, 0) is 4.79 Å². The Kier molecular flexibility index (Phi) is 7.07. The smallest absolute Gasteiger partial charge is 0.281 e. The van der Waals surface area contributed by atoms with Gasteiger partial charge in [-0.1, -0.05) is 23.7 Å². The van der Waals surface area contributed by atoms with Gasteiger partial charge in [0.2, 0.25) is 0 Å². The van der Waals surface area contributed by atoms with Crippen molar-refractivity contribution in [3.63, 3.8) is 0 Å². The summed E-state index contributed by atoms with van der Waals surface area (Å²) in [4.78, 5) is 36.3. The van der Waals surface area contributed by atoms with Crippen molar-refractivity contribution < 1.29 is 23.7 Å². The van der Waals surface area contributed by atoms with Gasteiger partial charge in [-0.05, 0) is 48.6 Å². The Morgan fingerprint density at radius 1 is 1.16 bits per heavy atom. The quantitative estimate of drug-likeness (QED) is 0.208. The van der Waals surface area contributed by atoms with Crippen LogP contribution in [0.1, 0.15) is 16.1 Å². The lowest BCUT2D eigenvalue weighted by molar-refractivity contribution is -0.384. The molecule has 164 valence electrons. The minimum atomic E-state index is -0.538. The number of ether oxygens (including phenoxy) is 1. The molecule has 9 heteroatoms. The second kappa shape index (κ2) is 9.93. The number of allylic oxidation sites excluding steroid dienone is 1. The number of amides is 1. The maximum Gasteiger partial charge on any atom is 0.281 e. The maximum absolute atomic E-state index is 12.5. The predicted molar refractivity (Wildman–Crippen MR) is 120 cm³/mol. The molecular weight excluding hydrogens is 436 g/mol. The van der Waals surface area contributed by atoms with Gasteiger partial charge in [0.15, 0.2) is 12.4 Å². The highest BCUT2D eigenvalue weighted by molar-refractivity contribution is 6.30. The molecule has 0 atom stereocenters. The van der Waals surface area contributed by atoms with Crippen LogP contribution in [0.3, 0.4) is 0 Å². The largest absolute Gasteiger partial charge is 0.484 e. The molecule has 0 spiro atoms. The third-order valence-electron chi connectivity index (χ3n) is 4.43. The lowest BCUT2D eigenvalue weighted by Crippen LogP contribution is -2.27. The third kappa shape index (κ3) is 5.61. The van der Waals surface area contributed by atoms with E-state index in [4.69, 9.17) is 20.8 Å². The summed E-state index contributed by atoms with van der Waals surface area (Å²) in [5.41, 5.74) is 0.474. The molecule has 1 aromatic heterocycles. The summed E-state index contributed by atoms with van der Waals surface area (Å²) in [5, 5.41) is 11.5. The standard InChI is InChI=1S/C23H19ClN2O6/c1-25(2)23(28)14-31-18-5-3-4-15(12-18)21(27)10-7-17-8-11-22(32-17)19-9-6-16(24)13-20(19)26(29)30/h3-13H,14H2,1-2H3. The summed E-state index contributed by atoms with van der Waals surface area (Å²) in [5.74, 6) is 0.527. The van der Waals surface area contributed by atoms with Gasteiger partial charge in [-0.15, -0.1) is 0 Å². The summed E-state index contributed by atoms with van der Waals surface area (Å²) in [6.45, 7) is -0.132. The van der Waals surface area contributed by atoms with Crippen LogP contribution in [0.15, 0.2) is 65.1 Å². The molecule has 1 amide bonds. The van der Waals surface area contributed by atoms with Gasteiger partial charge in [-0.25, -0.2) is 0 Å². The number of halogens is 1. The van der Waals surface area contributed by atoms with Gasteiger partial charge in [-0.2, -0.15) is 0 Å². The molecule has 0 bridgehead atoms. The number of benzene rings is 2. The molecule has 1 heterocycles. The Labute approximate surface area is 188 Å². The number of nitro benzene ring substituents is 1. The summed E-state index contributed by atoms with van der Waals surface area (Å²) >= 11 is 5.85. The van der Waals surface area contributed by atoms with Crippen LogP contribution in [0.2, 0.25) is 5.02 Å². The number of furan rings is 1. The predicted octanol–water partition coefficient (Wildman–Crippen LogP) is 4.87. The number of ketones is 1. The summed E-state index contributed by atoms with van der Waals surface area (Å²) in [6, 6.07) is 13.9. The molecule has 3 aromatic rings. The van der Waals surface area contributed by atoms with E-state index in [1.165, 1.54) is 35.3 Å². The molecule has 0 fully saturated rings. The zero-order valence-electron chi connectivity index (χ0n) is 17.3. The molecule has 0 radical (unpaired) electrons. The highest BCUT2D eigenvalue weighted by atomic mass is 35.5. The summed E-state index contributed by atoms with van der Waals surface area (Å²) in [6.07, 6.45) is 2.79. The fraction of sp³-hybridized carbons (Fsp3) is 0.130. The molecule has 0 aliphatic rings. The van der Waals surface area contributed by atoms with E-state index < -0.39 is 4.92 Å². The third-order valence-corrected chi connectivity index (χ3v) is 4.66. The first-order chi connectivity index (χ1) is 15.2. The van der Waals surface area contributed by atoms with Crippen LogP contribution in [0, 0.1) is 10.1 Å². The van der Waals surface area contributed by atoms with E-state index in [2.05, 4.69) is 0 Å². The second-order valence-electron chi connectivity index (χ2n) is 6.92. The first-order valence-electron chi connectivity index (χ1n) is 9.44. The first-order valence-corrected chi connectivity index (χ1v) is 9.82. The van der Waals surface area contributed by atoms with E-state index in [0.29, 0.717) is 17.1 Å². The van der Waals surface area contributed by atoms with Crippen molar-refractivity contribution in [2.75, 3.05) is 20.7 Å². The molecule has 3 rings (SSSR count). The van der Waals surface area contributed by atoms with Crippen LogP contribution >= 0.6 is 11.6 Å². The SMILES string of the molecule is CN(C)C(=O)COc1cccc(C(=O)C=Cc2ccc(-c3ccc(Cl)cc3[N+](=O)[O-])o2)c1. The number of rotatable bonds is 8. The Balaban J connectivity index is 1.73. The molecule has 0 saturated carbocycles. The second-order valence-corrected chi connectivity index (χ2v) is 7.36. The number of nitro groups is 1. The van der Waals surface area contributed by atoms with E-state index in [-0.39, 0.29) is 40.3 Å². The topological polar surface area (TPSA) is 103 Å². The van der Waals surface area contributed by atoms with Crippen molar-refractivity contribution in [2.45, 2.75) is 0 Å². The molecule has 0 N–H and O–H groups in total. The zero-order chi connectivity index (χ0) is 23.3. The van der Waals surface area contributed by atoms with Crippen LogP contribution < -0.4 is 4.74 Å². The Hall–Kier alpha value is -3.91. The molecular formula is C23H19ClN2O6. The number of likely N-dealkylation sites (N-methyl/N-ethyl adjacent to an activating group) is 1. The molecule has 0 aliphatic carbocycles. The van der Waals surface area contributed by atoms with Crippen molar-refractivity contribution >= 4 is 35.1 Å². The minimum absolute atomic E-state index is 0.132. The van der Waals surface area contributed by atoms with Crippen molar-refractivity contribution in [2.24, 2.45) is 0 Å². The van der Waals surface area contributed by atoms with Crippen molar-refractivity contribution in [1.29, 1.82) is 0 Å². The Morgan fingerprint density at radius 3 is 2.66 bits per heavy atom. The fourth-order valence-electron chi connectivity index (χ4n) is 2.72. The lowest BCUT2D eigenvalue weighted by Gasteiger charge is -2.11. The van der Waals surface area contributed by atoms with Gasteiger partial charge < -0.3 is 14.1 Å². The van der Waals surface area contributed by atoms with Crippen molar-refractivity contribution in [3.05, 3.63) is 87.1 Å². The fourth-order valence-corrected chi connectivity index (χ4v) is 2.89. The van der Waals surface area contributed by atoms with E-state index in [0.717, 1.165) is 0 Å². The van der Waals surface area contributed by atoms with Gasteiger partial charge in [0, 0.05) is 30.7 Å². The lowest BCUT2D eigenvalue weighted by atomic mass is 10.1. The highest BCUT2D eigenvalue weighted by Gasteiger charge is 2.18. The van der Waals surface area contributed by atoms with Crippen molar-refractivity contribution in [1.82, 2.24) is 4.90 Å². The van der Waals surface area contributed by atoms with Crippen LogP contribution in [0.5, 0.6) is 5.75 Å². The zero-order valence-corrected chi connectivity index (χ0v) is 18.0. The van der Waals surface area contributed by atoms with E-state index in [9.17, 15) is 19.7 Å². The average Bonchev–Trinajstić information content (AvgIpc) is 3.24. The molecule has 2 aromatic carbocycles. The molecule has 0 saturated heterocycles. The van der Waals surface area contributed by atoms with Gasteiger partial charge in [0.05, 0.1) is 10.5 Å². The van der Waals surface area contributed by atoms with E-state index in [1.807, 2.05) is 0 Å². The number of hydrogen-bond acceptors (Lipinski definition) is 6. The highest BCUT2D eigenvalue weighted by Crippen LogP contribution is 2.33. The summed E-state index contributed by atoms with van der Waals surface area (Å²) < 4.78 is 11.1. The van der Waals surface area contributed by atoms with Crippen molar-refractivity contribution in [3.8, 4) is 17.1 Å². The number of carbonyl (C=O) groups is 2. The van der Waals surface area contributed by atoms with Crippen LogP contribution in [0.4, 0.5) is 5.69 Å². The minimum Gasteiger partial charge on any atom is -0.484 e. The normalized spacial score (nSPS) is 10.8. The number of hydrogen-bond donors (Lipinski definition) is 0. The van der Waals surface area contributed by atoms with Crippen LogP contribution in [0.25, 0.3) is 17.4 Å². The average molecular weight is 455 g/mol. The molecule has 8 nitrogen and oxygen atoms in total. The van der Waals surface area contributed by atoms with E-state index >= 15 is 0 Å². The molecule has 0 aliphatic heterocycles. The van der Waals surface area contributed by atoms with Gasteiger partial charge in [0.25, 0.3) is 11.6 Å². The Bertz CT molecular complexity index is 1200. The van der Waals surface area contributed by atoms with Gasteiger partial charge in [-0.3, -0.25) is 19.7 Å². The number of nitrogens with zero attached hydrogens (tertiary/aromatic N) is 2. The maximum atomic E-state index is 12.5. The number of carbonyl (C=O) groups excluding carboxylic acids is 2. The monoisotopic (exact) mass is 454 g/mol. The van der Waals surface area contributed by atoms with E-state index in [1.54, 1.807) is 50.5 Å². The van der Waals surface area contributed by atoms with Crippen LogP contribution in [-0.4, -0.2) is 42.2 Å². The van der Waals surface area contributed by atoms with Gasteiger partial charge in [0.1, 0.15) is 17.3 Å². The first kappa shape index (κ1) is 22.8.